The molecule has 0 saturated heterocycles. The molecule has 0 unspecified atom stereocenters. The molecule has 0 saturated carbocycles. The summed E-state index contributed by atoms with van der Waals surface area (Å²) in [5.41, 5.74) is 6.89. The Labute approximate surface area is 170 Å². The van der Waals surface area contributed by atoms with Crippen molar-refractivity contribution in [2.24, 2.45) is 7.05 Å². The fourth-order valence-corrected chi connectivity index (χ4v) is 4.64. The summed E-state index contributed by atoms with van der Waals surface area (Å²) in [5.74, 6) is 3.63. The predicted molar refractivity (Wildman–Crippen MR) is 115 cm³/mol. The molecule has 0 bridgehead atoms. The van der Waals surface area contributed by atoms with Crippen LogP contribution in [-0.4, -0.2) is 6.71 Å². The number of hydrogen-bond acceptors (Lipinski definition) is 2. The third-order valence-electron chi connectivity index (χ3n) is 6.04. The number of pyridine rings is 1. The summed E-state index contributed by atoms with van der Waals surface area (Å²) in [6.45, 7) is 2.26. The van der Waals surface area contributed by atoms with E-state index < -0.39 is 0 Å². The molecule has 4 heteroatoms. The van der Waals surface area contributed by atoms with E-state index >= 15 is 0 Å². The smallest absolute Gasteiger partial charge is 0.260 e. The highest BCUT2D eigenvalue weighted by Crippen LogP contribution is 2.40. The lowest BCUT2D eigenvalue weighted by Crippen LogP contribution is -2.57. The monoisotopic (exact) mass is 376 g/mol. The molecular formula is C25H19BNO2+. The summed E-state index contributed by atoms with van der Waals surface area (Å²) in [6.07, 6.45) is 2.06. The number of aryl methyl sites for hydroxylation is 1. The lowest BCUT2D eigenvalue weighted by Gasteiger charge is -2.34. The maximum Gasteiger partial charge on any atom is 0.260 e. The van der Waals surface area contributed by atoms with Gasteiger partial charge in [0.1, 0.15) is 30.0 Å². The number of aromatic nitrogens is 1. The van der Waals surface area contributed by atoms with E-state index in [-0.39, 0.29) is 6.71 Å². The third kappa shape index (κ3) is 2.29. The van der Waals surface area contributed by atoms with Gasteiger partial charge in [0.05, 0.1) is 5.56 Å². The standard InChI is InChI=1S/C25H19BNO2/c1-16-17(20-11-7-8-14-27(20)2)15-23-24-25(16)29-22-13-6-4-10-19(22)26(24)18-9-3-5-12-21(18)28-23/h3-15H,1-2H3/q+1. The van der Waals surface area contributed by atoms with E-state index in [0.29, 0.717) is 0 Å². The number of nitrogens with zero attached hydrogens (tertiary/aromatic N) is 1. The van der Waals surface area contributed by atoms with Crippen LogP contribution >= 0.6 is 0 Å². The first kappa shape index (κ1) is 16.4. The molecule has 2 aliphatic rings. The van der Waals surface area contributed by atoms with Gasteiger partial charge >= 0.3 is 0 Å². The van der Waals surface area contributed by atoms with E-state index in [4.69, 9.17) is 9.47 Å². The molecule has 3 aromatic carbocycles. The molecule has 0 radical (unpaired) electrons. The minimum absolute atomic E-state index is 0.118. The first-order valence-corrected chi connectivity index (χ1v) is 9.88. The highest BCUT2D eigenvalue weighted by molar-refractivity contribution is 6.98. The Bertz CT molecular complexity index is 1290. The molecule has 3 nitrogen and oxygen atoms in total. The quantitative estimate of drug-likeness (QED) is 0.325. The lowest BCUT2D eigenvalue weighted by atomic mass is 9.34. The van der Waals surface area contributed by atoms with Gasteiger partial charge in [0.15, 0.2) is 6.20 Å². The van der Waals surface area contributed by atoms with Crippen LogP contribution in [0, 0.1) is 6.92 Å². The number of rotatable bonds is 1. The van der Waals surface area contributed by atoms with Gasteiger partial charge in [-0.15, -0.1) is 0 Å². The van der Waals surface area contributed by atoms with Crippen molar-refractivity contribution in [3.8, 4) is 34.3 Å². The van der Waals surface area contributed by atoms with E-state index in [2.05, 4.69) is 79.3 Å². The van der Waals surface area contributed by atoms with Crippen LogP contribution in [-0.2, 0) is 7.05 Å². The number of ether oxygens (including phenoxy) is 2. The second-order valence-corrected chi connectivity index (χ2v) is 7.70. The van der Waals surface area contributed by atoms with Crippen LogP contribution < -0.4 is 30.4 Å². The van der Waals surface area contributed by atoms with Gasteiger partial charge in [-0.2, -0.15) is 0 Å². The van der Waals surface area contributed by atoms with Gasteiger partial charge in [0.2, 0.25) is 5.69 Å². The second kappa shape index (κ2) is 5.98. The predicted octanol–water partition coefficient (Wildman–Crippen LogP) is 3.21. The summed E-state index contributed by atoms with van der Waals surface area (Å²) >= 11 is 0. The van der Waals surface area contributed by atoms with Crippen molar-refractivity contribution in [1.29, 1.82) is 0 Å². The molecule has 6 rings (SSSR count). The van der Waals surface area contributed by atoms with Crippen LogP contribution in [0.15, 0.2) is 79.0 Å². The van der Waals surface area contributed by atoms with E-state index in [9.17, 15) is 0 Å². The molecule has 138 valence electrons. The van der Waals surface area contributed by atoms with Crippen molar-refractivity contribution in [1.82, 2.24) is 0 Å². The van der Waals surface area contributed by atoms with Crippen molar-refractivity contribution < 1.29 is 14.0 Å². The van der Waals surface area contributed by atoms with E-state index in [1.54, 1.807) is 0 Å². The Hall–Kier alpha value is -3.53. The van der Waals surface area contributed by atoms with E-state index in [0.717, 1.165) is 45.3 Å². The minimum Gasteiger partial charge on any atom is -0.458 e. The first-order chi connectivity index (χ1) is 14.2. The number of fused-ring (bicyclic) bond motifs is 4. The molecule has 3 heterocycles. The summed E-state index contributed by atoms with van der Waals surface area (Å²) in [6, 6.07) is 25.1. The van der Waals surface area contributed by atoms with Crippen LogP contribution in [0.4, 0.5) is 0 Å². The maximum absolute atomic E-state index is 6.48. The Kier molecular flexibility index (Phi) is 3.39. The molecule has 0 aliphatic carbocycles. The highest BCUT2D eigenvalue weighted by atomic mass is 16.5. The van der Waals surface area contributed by atoms with Gasteiger partial charge in [0.25, 0.3) is 6.71 Å². The van der Waals surface area contributed by atoms with Crippen LogP contribution in [0.5, 0.6) is 23.0 Å². The van der Waals surface area contributed by atoms with Crippen LogP contribution in [0.1, 0.15) is 5.56 Å². The zero-order chi connectivity index (χ0) is 19.5. The van der Waals surface area contributed by atoms with Gasteiger partial charge < -0.3 is 9.47 Å². The Morgan fingerprint density at radius 2 is 1.41 bits per heavy atom. The molecule has 2 aliphatic heterocycles. The Morgan fingerprint density at radius 3 is 2.14 bits per heavy atom. The molecular weight excluding hydrogens is 357 g/mol. The van der Waals surface area contributed by atoms with Crippen molar-refractivity contribution >= 4 is 23.1 Å². The molecule has 29 heavy (non-hydrogen) atoms. The van der Waals surface area contributed by atoms with Crippen LogP contribution in [0.2, 0.25) is 0 Å². The average molecular weight is 376 g/mol. The molecule has 0 N–H and O–H groups in total. The van der Waals surface area contributed by atoms with Gasteiger partial charge in [-0.25, -0.2) is 4.57 Å². The van der Waals surface area contributed by atoms with E-state index in [1.165, 1.54) is 10.9 Å². The highest BCUT2D eigenvalue weighted by Gasteiger charge is 2.41. The van der Waals surface area contributed by atoms with E-state index in [1.807, 2.05) is 18.2 Å². The maximum atomic E-state index is 6.48. The largest absolute Gasteiger partial charge is 0.458 e. The lowest BCUT2D eigenvalue weighted by molar-refractivity contribution is -0.660. The first-order valence-electron chi connectivity index (χ1n) is 9.88. The zero-order valence-electron chi connectivity index (χ0n) is 16.3. The summed E-state index contributed by atoms with van der Waals surface area (Å²) in [5, 5.41) is 0. The molecule has 1 aromatic heterocycles. The molecule has 0 fully saturated rings. The summed E-state index contributed by atoms with van der Waals surface area (Å²) in [4.78, 5) is 0. The van der Waals surface area contributed by atoms with Gasteiger partial charge in [-0.3, -0.25) is 0 Å². The minimum atomic E-state index is 0.118. The van der Waals surface area contributed by atoms with Gasteiger partial charge in [0, 0.05) is 23.2 Å². The van der Waals surface area contributed by atoms with Crippen molar-refractivity contribution in [3.05, 3.63) is 84.6 Å². The van der Waals surface area contributed by atoms with Gasteiger partial charge in [-0.05, 0) is 42.1 Å². The number of hydrogen-bond donors (Lipinski definition) is 0. The molecule has 0 amide bonds. The fraction of sp³-hybridized carbons (Fsp3) is 0.0800. The van der Waals surface area contributed by atoms with Gasteiger partial charge in [-0.1, -0.05) is 36.4 Å². The zero-order valence-corrected chi connectivity index (χ0v) is 16.3. The van der Waals surface area contributed by atoms with Crippen molar-refractivity contribution in [3.63, 3.8) is 0 Å². The molecule has 0 atom stereocenters. The van der Waals surface area contributed by atoms with Crippen molar-refractivity contribution in [2.45, 2.75) is 6.92 Å². The molecule has 0 spiro atoms. The Balaban J connectivity index is 1.68. The normalized spacial score (nSPS) is 13.0. The topological polar surface area (TPSA) is 22.3 Å². The van der Waals surface area contributed by atoms with Crippen LogP contribution in [0.25, 0.3) is 11.3 Å². The summed E-state index contributed by atoms with van der Waals surface area (Å²) in [7, 11) is 2.06. The average Bonchev–Trinajstić information content (AvgIpc) is 2.76. The number of para-hydroxylation sites is 2. The number of benzene rings is 3. The Morgan fingerprint density at radius 1 is 0.759 bits per heavy atom. The fourth-order valence-electron chi connectivity index (χ4n) is 4.64. The SMILES string of the molecule is Cc1c(-c2cccc[n+]2C)cc2c3c1Oc1ccccc1B3c1ccccc1O2. The molecule has 4 aromatic rings. The summed E-state index contributed by atoms with van der Waals surface area (Å²) < 4.78 is 15.0. The third-order valence-corrected chi connectivity index (χ3v) is 6.04. The van der Waals surface area contributed by atoms with Crippen molar-refractivity contribution in [2.75, 3.05) is 0 Å². The second-order valence-electron chi connectivity index (χ2n) is 7.70. The van der Waals surface area contributed by atoms with Crippen LogP contribution in [0.3, 0.4) is 0 Å².